The molecule has 2 aromatic carbocycles. The van der Waals surface area contributed by atoms with Gasteiger partial charge in [0.15, 0.2) is 0 Å². The Bertz CT molecular complexity index is 1100. The fourth-order valence-corrected chi connectivity index (χ4v) is 5.42. The number of likely N-dealkylation sites (tertiary alicyclic amines) is 1. The van der Waals surface area contributed by atoms with Crippen molar-refractivity contribution in [3.05, 3.63) is 59.4 Å². The minimum absolute atomic E-state index is 0.0836. The lowest BCUT2D eigenvalue weighted by Gasteiger charge is -2.39. The number of aryl methyl sites for hydroxylation is 1. The molecule has 5 rings (SSSR count). The third-order valence-corrected chi connectivity index (χ3v) is 7.30. The molecule has 3 heterocycles. The second-order valence-electron chi connectivity index (χ2n) is 9.12. The van der Waals surface area contributed by atoms with Crippen LogP contribution in [0, 0.1) is 5.92 Å². The van der Waals surface area contributed by atoms with E-state index in [0.29, 0.717) is 5.91 Å². The normalized spacial score (nSPS) is 19.9. The van der Waals surface area contributed by atoms with Gasteiger partial charge in [0.25, 0.3) is 0 Å². The van der Waals surface area contributed by atoms with Crippen LogP contribution in [0.1, 0.15) is 25.6 Å². The quantitative estimate of drug-likeness (QED) is 0.564. The highest BCUT2D eigenvalue weighted by molar-refractivity contribution is 6.30. The van der Waals surface area contributed by atoms with E-state index in [1.807, 2.05) is 18.2 Å². The summed E-state index contributed by atoms with van der Waals surface area (Å²) in [5.74, 6) is 1.50. The van der Waals surface area contributed by atoms with Crippen molar-refractivity contribution in [2.75, 3.05) is 44.2 Å². The van der Waals surface area contributed by atoms with Gasteiger partial charge >= 0.3 is 0 Å². The molecule has 0 unspecified atom stereocenters. The van der Waals surface area contributed by atoms with Crippen LogP contribution in [0.2, 0.25) is 5.02 Å². The zero-order chi connectivity index (χ0) is 22.8. The van der Waals surface area contributed by atoms with Crippen molar-refractivity contribution in [1.82, 2.24) is 19.4 Å². The monoisotopic (exact) mass is 465 g/mol. The zero-order valence-electron chi connectivity index (χ0n) is 19.3. The first-order chi connectivity index (χ1) is 16.1. The third-order valence-electron chi connectivity index (χ3n) is 7.05. The summed E-state index contributed by atoms with van der Waals surface area (Å²) < 4.78 is 2.30. The number of piperazine rings is 1. The number of fused-ring (bicyclic) bond motifs is 1. The number of benzene rings is 2. The Morgan fingerprint density at radius 1 is 1.03 bits per heavy atom. The van der Waals surface area contributed by atoms with Crippen LogP contribution in [0.4, 0.5) is 5.69 Å². The molecule has 0 bridgehead atoms. The molecular formula is C26H32ClN5O. The molecule has 174 valence electrons. The van der Waals surface area contributed by atoms with E-state index >= 15 is 0 Å². The van der Waals surface area contributed by atoms with Gasteiger partial charge in [-0.25, -0.2) is 4.98 Å². The van der Waals surface area contributed by atoms with Crippen LogP contribution in [0.25, 0.3) is 11.0 Å². The number of anilines is 1. The summed E-state index contributed by atoms with van der Waals surface area (Å²) in [7, 11) is 0. The van der Waals surface area contributed by atoms with E-state index < -0.39 is 0 Å². The van der Waals surface area contributed by atoms with Crippen molar-refractivity contribution < 1.29 is 4.79 Å². The maximum Gasteiger partial charge on any atom is 0.227 e. The highest BCUT2D eigenvalue weighted by atomic mass is 35.5. The van der Waals surface area contributed by atoms with Crippen LogP contribution < -0.4 is 4.90 Å². The Morgan fingerprint density at radius 3 is 2.55 bits per heavy atom. The molecule has 2 saturated heterocycles. The molecule has 0 aliphatic carbocycles. The van der Waals surface area contributed by atoms with E-state index in [1.165, 1.54) is 11.2 Å². The van der Waals surface area contributed by atoms with Gasteiger partial charge in [-0.3, -0.25) is 9.69 Å². The minimum Gasteiger partial charge on any atom is -0.368 e. The third kappa shape index (κ3) is 4.73. The summed E-state index contributed by atoms with van der Waals surface area (Å²) in [6.07, 6.45) is 2.05. The molecule has 0 N–H and O–H groups in total. The van der Waals surface area contributed by atoms with Crippen LogP contribution in [0.15, 0.2) is 48.5 Å². The lowest BCUT2D eigenvalue weighted by atomic mass is 9.96. The van der Waals surface area contributed by atoms with Gasteiger partial charge in [0.1, 0.15) is 5.82 Å². The van der Waals surface area contributed by atoms with Gasteiger partial charge in [-0.05, 0) is 62.7 Å². The molecule has 2 aliphatic rings. The van der Waals surface area contributed by atoms with Gasteiger partial charge < -0.3 is 14.4 Å². The lowest BCUT2D eigenvalue weighted by Crippen LogP contribution is -2.52. The van der Waals surface area contributed by atoms with Gasteiger partial charge in [0.2, 0.25) is 5.91 Å². The molecule has 2 aliphatic heterocycles. The summed E-state index contributed by atoms with van der Waals surface area (Å²) in [6.45, 7) is 9.02. The highest BCUT2D eigenvalue weighted by Gasteiger charge is 2.31. The predicted molar refractivity (Wildman–Crippen MR) is 134 cm³/mol. The van der Waals surface area contributed by atoms with Gasteiger partial charge in [-0.2, -0.15) is 0 Å². The Balaban J connectivity index is 1.20. The highest BCUT2D eigenvalue weighted by Crippen LogP contribution is 2.24. The first kappa shape index (κ1) is 22.2. The summed E-state index contributed by atoms with van der Waals surface area (Å²) in [4.78, 5) is 25.1. The minimum atomic E-state index is 0.0836. The van der Waals surface area contributed by atoms with Gasteiger partial charge in [-0.15, -0.1) is 0 Å². The number of hydrogen-bond donors (Lipinski definition) is 0. The van der Waals surface area contributed by atoms with Crippen molar-refractivity contribution in [3.63, 3.8) is 0 Å². The number of carbonyl (C=O) groups is 1. The molecular weight excluding hydrogens is 434 g/mol. The van der Waals surface area contributed by atoms with E-state index in [2.05, 4.69) is 56.5 Å². The van der Waals surface area contributed by atoms with Crippen molar-refractivity contribution in [2.45, 2.75) is 32.9 Å². The van der Waals surface area contributed by atoms with Crippen molar-refractivity contribution in [2.24, 2.45) is 5.92 Å². The number of amides is 1. The Morgan fingerprint density at radius 2 is 1.79 bits per heavy atom. The van der Waals surface area contributed by atoms with E-state index in [9.17, 15) is 4.79 Å². The molecule has 3 aromatic rings. The molecule has 0 radical (unpaired) electrons. The van der Waals surface area contributed by atoms with Crippen LogP contribution in [-0.2, 0) is 17.9 Å². The van der Waals surface area contributed by atoms with E-state index in [0.717, 1.165) is 81.6 Å². The van der Waals surface area contributed by atoms with E-state index in [1.54, 1.807) is 0 Å². The fourth-order valence-electron chi connectivity index (χ4n) is 5.29. The Hall–Kier alpha value is -2.57. The maximum absolute atomic E-state index is 13.3. The standard InChI is InChI=1S/C26H32ClN5O/c1-2-32-24-8-4-3-7-23(24)28-25(32)19-29-13-5-6-20(18-29)26(33)31-16-14-30(15-17-31)22-11-9-21(27)10-12-22/h3-4,7-12,20H,2,5-6,13-19H2,1H3/t20-/m0/s1. The van der Waals surface area contributed by atoms with Crippen LogP contribution in [-0.4, -0.2) is 64.5 Å². The number of halogens is 1. The van der Waals surface area contributed by atoms with Crippen LogP contribution in [0.5, 0.6) is 0 Å². The number of carbonyl (C=O) groups excluding carboxylic acids is 1. The first-order valence-electron chi connectivity index (χ1n) is 12.1. The fraction of sp³-hybridized carbons (Fsp3) is 0.462. The van der Waals surface area contributed by atoms with Crippen molar-refractivity contribution in [3.8, 4) is 0 Å². The predicted octanol–water partition coefficient (Wildman–Crippen LogP) is 4.27. The number of rotatable bonds is 5. The average molecular weight is 466 g/mol. The van der Waals surface area contributed by atoms with Crippen molar-refractivity contribution >= 4 is 34.2 Å². The van der Waals surface area contributed by atoms with E-state index in [-0.39, 0.29) is 5.92 Å². The number of aromatic nitrogens is 2. The first-order valence-corrected chi connectivity index (χ1v) is 12.5. The molecule has 33 heavy (non-hydrogen) atoms. The second kappa shape index (κ2) is 9.74. The topological polar surface area (TPSA) is 44.6 Å². The smallest absolute Gasteiger partial charge is 0.227 e. The molecule has 1 atom stereocenters. The largest absolute Gasteiger partial charge is 0.368 e. The summed E-state index contributed by atoms with van der Waals surface area (Å²) in [5.41, 5.74) is 3.42. The van der Waals surface area contributed by atoms with Crippen LogP contribution in [0.3, 0.4) is 0 Å². The zero-order valence-corrected chi connectivity index (χ0v) is 20.0. The molecule has 7 heteroatoms. The van der Waals surface area contributed by atoms with Gasteiger partial charge in [-0.1, -0.05) is 23.7 Å². The Kier molecular flexibility index (Phi) is 6.56. The van der Waals surface area contributed by atoms with Crippen LogP contribution >= 0.6 is 11.6 Å². The second-order valence-corrected chi connectivity index (χ2v) is 9.56. The Labute approximate surface area is 200 Å². The molecule has 0 spiro atoms. The number of piperidine rings is 1. The summed E-state index contributed by atoms with van der Waals surface area (Å²) in [5, 5.41) is 0.754. The van der Waals surface area contributed by atoms with Gasteiger partial charge in [0.05, 0.1) is 23.5 Å². The number of nitrogens with zero attached hydrogens (tertiary/aromatic N) is 5. The van der Waals surface area contributed by atoms with Gasteiger partial charge in [0, 0.05) is 50.0 Å². The number of hydrogen-bond acceptors (Lipinski definition) is 4. The molecule has 1 amide bonds. The van der Waals surface area contributed by atoms with E-state index in [4.69, 9.17) is 16.6 Å². The molecule has 1 aromatic heterocycles. The molecule has 6 nitrogen and oxygen atoms in total. The average Bonchev–Trinajstić information content (AvgIpc) is 3.21. The van der Waals surface area contributed by atoms with Crippen molar-refractivity contribution in [1.29, 1.82) is 0 Å². The number of para-hydroxylation sites is 2. The summed E-state index contributed by atoms with van der Waals surface area (Å²) in [6, 6.07) is 16.3. The SMILES string of the molecule is CCn1c(CN2CCC[C@H](C(=O)N3CCN(c4ccc(Cl)cc4)CC3)C2)nc2ccccc21. The maximum atomic E-state index is 13.3. The molecule has 2 fully saturated rings. The number of imidazole rings is 1. The molecule has 0 saturated carbocycles. The summed E-state index contributed by atoms with van der Waals surface area (Å²) >= 11 is 6.02. The lowest BCUT2D eigenvalue weighted by molar-refractivity contribution is -0.137.